The van der Waals surface area contributed by atoms with Gasteiger partial charge in [-0.1, -0.05) is 30.3 Å². The van der Waals surface area contributed by atoms with Crippen LogP contribution in [0.25, 0.3) is 0 Å². The van der Waals surface area contributed by atoms with Crippen molar-refractivity contribution in [1.29, 1.82) is 0 Å². The summed E-state index contributed by atoms with van der Waals surface area (Å²) in [4.78, 5) is 11.5. The second-order valence-electron chi connectivity index (χ2n) is 4.99. The predicted molar refractivity (Wildman–Crippen MR) is 82.7 cm³/mol. The number of hydrogen-bond acceptors (Lipinski definition) is 4. The summed E-state index contributed by atoms with van der Waals surface area (Å²) in [6.45, 7) is -0.102. The van der Waals surface area contributed by atoms with Crippen LogP contribution in [0.15, 0.2) is 48.5 Å². The van der Waals surface area contributed by atoms with Crippen molar-refractivity contribution in [3.8, 4) is 5.75 Å². The highest BCUT2D eigenvalue weighted by Gasteiger charge is 2.22. The molecule has 0 heterocycles. The maximum absolute atomic E-state index is 13.6. The van der Waals surface area contributed by atoms with Crippen LogP contribution < -0.4 is 10.1 Å². The van der Waals surface area contributed by atoms with E-state index in [1.807, 2.05) is 0 Å². The Morgan fingerprint density at radius 2 is 2.00 bits per heavy atom. The molecule has 23 heavy (non-hydrogen) atoms. The first kappa shape index (κ1) is 16.9. The highest BCUT2D eigenvalue weighted by atomic mass is 19.1. The van der Waals surface area contributed by atoms with E-state index in [0.717, 1.165) is 0 Å². The molecule has 0 aliphatic carbocycles. The van der Waals surface area contributed by atoms with Crippen LogP contribution in [0.2, 0.25) is 0 Å². The number of rotatable bonds is 7. The molecule has 122 valence electrons. The third kappa shape index (κ3) is 4.28. The van der Waals surface area contributed by atoms with Gasteiger partial charge in [0.1, 0.15) is 17.6 Å². The molecule has 6 heteroatoms. The summed E-state index contributed by atoms with van der Waals surface area (Å²) >= 11 is 0. The third-order valence-electron chi connectivity index (χ3n) is 3.45. The maximum atomic E-state index is 13.6. The summed E-state index contributed by atoms with van der Waals surface area (Å²) in [6, 6.07) is 11.4. The van der Waals surface area contributed by atoms with Crippen molar-refractivity contribution in [3.05, 3.63) is 65.5 Å². The molecule has 3 N–H and O–H groups in total. The first-order valence-corrected chi connectivity index (χ1v) is 7.05. The zero-order valence-electron chi connectivity index (χ0n) is 12.6. The van der Waals surface area contributed by atoms with Gasteiger partial charge in [-0.25, -0.2) is 4.39 Å². The number of halogens is 1. The van der Waals surface area contributed by atoms with Gasteiger partial charge in [-0.2, -0.15) is 0 Å². The molecule has 2 atom stereocenters. The van der Waals surface area contributed by atoms with Gasteiger partial charge >= 0.3 is 5.97 Å². The Bertz CT molecular complexity index is 677. The van der Waals surface area contributed by atoms with Crippen LogP contribution in [0.3, 0.4) is 0 Å². The van der Waals surface area contributed by atoms with E-state index < -0.39 is 23.9 Å². The van der Waals surface area contributed by atoms with Gasteiger partial charge in [-0.3, -0.25) is 10.1 Å². The highest BCUT2D eigenvalue weighted by Crippen LogP contribution is 2.21. The Morgan fingerprint density at radius 1 is 1.26 bits per heavy atom. The SMILES string of the molecule is COc1cccc(C(NC[C@H](O)c2ccccc2F)C(=O)O)c1. The molecule has 0 aliphatic rings. The van der Waals surface area contributed by atoms with Crippen LogP contribution in [0.5, 0.6) is 5.75 Å². The van der Waals surface area contributed by atoms with Crippen LogP contribution in [-0.2, 0) is 4.79 Å². The zero-order chi connectivity index (χ0) is 16.8. The van der Waals surface area contributed by atoms with Gasteiger partial charge in [0.25, 0.3) is 0 Å². The fraction of sp³-hybridized carbons (Fsp3) is 0.235. The van der Waals surface area contributed by atoms with Gasteiger partial charge in [0.05, 0.1) is 13.2 Å². The van der Waals surface area contributed by atoms with E-state index in [1.54, 1.807) is 30.3 Å². The van der Waals surface area contributed by atoms with E-state index in [9.17, 15) is 19.4 Å². The van der Waals surface area contributed by atoms with E-state index in [-0.39, 0.29) is 12.1 Å². The Kier molecular flexibility index (Phi) is 5.67. The predicted octanol–water partition coefficient (Wildman–Crippen LogP) is 2.28. The molecule has 5 nitrogen and oxygen atoms in total. The number of aliphatic carboxylic acids is 1. The lowest BCUT2D eigenvalue weighted by atomic mass is 10.0. The minimum Gasteiger partial charge on any atom is -0.497 e. The van der Waals surface area contributed by atoms with E-state index in [0.29, 0.717) is 11.3 Å². The normalized spacial score (nSPS) is 13.3. The molecule has 0 bridgehead atoms. The topological polar surface area (TPSA) is 78.8 Å². The first-order chi connectivity index (χ1) is 11.0. The summed E-state index contributed by atoms with van der Waals surface area (Å²) in [5, 5.41) is 22.2. The van der Waals surface area contributed by atoms with E-state index >= 15 is 0 Å². The van der Waals surface area contributed by atoms with Crippen molar-refractivity contribution in [2.75, 3.05) is 13.7 Å². The fourth-order valence-corrected chi connectivity index (χ4v) is 2.25. The van der Waals surface area contributed by atoms with Crippen molar-refractivity contribution in [2.45, 2.75) is 12.1 Å². The van der Waals surface area contributed by atoms with Crippen molar-refractivity contribution in [2.24, 2.45) is 0 Å². The summed E-state index contributed by atoms with van der Waals surface area (Å²) < 4.78 is 18.7. The zero-order valence-corrected chi connectivity index (χ0v) is 12.6. The number of carboxylic acids is 1. The number of methoxy groups -OCH3 is 1. The number of aliphatic hydroxyl groups is 1. The molecule has 0 spiro atoms. The van der Waals surface area contributed by atoms with Crippen LogP contribution >= 0.6 is 0 Å². The van der Waals surface area contributed by atoms with E-state index in [1.165, 1.54) is 25.3 Å². The van der Waals surface area contributed by atoms with Gasteiger partial charge in [-0.05, 0) is 23.8 Å². The lowest BCUT2D eigenvalue weighted by Crippen LogP contribution is -2.32. The second kappa shape index (κ2) is 7.71. The molecule has 0 radical (unpaired) electrons. The average Bonchev–Trinajstić information content (AvgIpc) is 2.55. The van der Waals surface area contributed by atoms with E-state index in [2.05, 4.69) is 5.32 Å². The monoisotopic (exact) mass is 319 g/mol. The van der Waals surface area contributed by atoms with Crippen LogP contribution in [0, 0.1) is 5.82 Å². The molecule has 0 amide bonds. The number of ether oxygens (including phenoxy) is 1. The molecule has 0 saturated carbocycles. The number of carbonyl (C=O) groups is 1. The number of aliphatic hydroxyl groups excluding tert-OH is 1. The van der Waals surface area contributed by atoms with Gasteiger partial charge in [0, 0.05) is 12.1 Å². The number of nitrogens with one attached hydrogen (secondary N) is 1. The van der Waals surface area contributed by atoms with Gasteiger partial charge in [-0.15, -0.1) is 0 Å². The maximum Gasteiger partial charge on any atom is 0.325 e. The quantitative estimate of drug-likeness (QED) is 0.730. The largest absolute Gasteiger partial charge is 0.497 e. The van der Waals surface area contributed by atoms with Gasteiger partial charge < -0.3 is 14.9 Å². The fourth-order valence-electron chi connectivity index (χ4n) is 2.25. The molecule has 0 saturated heterocycles. The molecule has 1 unspecified atom stereocenters. The van der Waals surface area contributed by atoms with E-state index in [4.69, 9.17) is 4.74 Å². The van der Waals surface area contributed by atoms with Crippen LogP contribution in [-0.4, -0.2) is 29.8 Å². The van der Waals surface area contributed by atoms with Crippen LogP contribution in [0.4, 0.5) is 4.39 Å². The van der Waals surface area contributed by atoms with Crippen molar-refractivity contribution >= 4 is 5.97 Å². The standard InChI is InChI=1S/C17H18FNO4/c1-23-12-6-4-5-11(9-12)16(17(21)22)19-10-15(20)13-7-2-3-8-14(13)18/h2-9,15-16,19-20H,10H2,1H3,(H,21,22)/t15-,16?/m0/s1. The molecule has 0 aliphatic heterocycles. The Labute approximate surface area is 133 Å². The van der Waals surface area contributed by atoms with Crippen LogP contribution in [0.1, 0.15) is 23.3 Å². The first-order valence-electron chi connectivity index (χ1n) is 7.05. The Balaban J connectivity index is 2.11. The molecular weight excluding hydrogens is 301 g/mol. The smallest absolute Gasteiger partial charge is 0.325 e. The molecule has 2 aromatic carbocycles. The van der Waals surface area contributed by atoms with Gasteiger partial charge in [0.2, 0.25) is 0 Å². The number of benzene rings is 2. The minimum atomic E-state index is -1.15. The Hall–Kier alpha value is -2.44. The number of carboxylic acid groups (broad SMARTS) is 1. The summed E-state index contributed by atoms with van der Waals surface area (Å²) in [5.74, 6) is -1.10. The summed E-state index contributed by atoms with van der Waals surface area (Å²) in [6.07, 6.45) is -1.15. The molecular formula is C17H18FNO4. The highest BCUT2D eigenvalue weighted by molar-refractivity contribution is 5.75. The summed E-state index contributed by atoms with van der Waals surface area (Å²) in [7, 11) is 1.49. The van der Waals surface area contributed by atoms with Crippen molar-refractivity contribution < 1.29 is 24.1 Å². The minimum absolute atomic E-state index is 0.102. The molecule has 2 aromatic rings. The molecule has 0 aromatic heterocycles. The molecule has 2 rings (SSSR count). The lowest BCUT2D eigenvalue weighted by Gasteiger charge is -2.18. The second-order valence-corrected chi connectivity index (χ2v) is 4.99. The van der Waals surface area contributed by atoms with Crippen molar-refractivity contribution in [1.82, 2.24) is 5.32 Å². The Morgan fingerprint density at radius 3 is 2.65 bits per heavy atom. The number of hydrogen-bond donors (Lipinski definition) is 3. The third-order valence-corrected chi connectivity index (χ3v) is 3.45. The average molecular weight is 319 g/mol. The summed E-state index contributed by atoms with van der Waals surface area (Å²) in [5.41, 5.74) is 0.604. The van der Waals surface area contributed by atoms with Gasteiger partial charge in [0.15, 0.2) is 0 Å². The molecule has 0 fully saturated rings. The van der Waals surface area contributed by atoms with Crippen molar-refractivity contribution in [3.63, 3.8) is 0 Å². The lowest BCUT2D eigenvalue weighted by molar-refractivity contribution is -0.139.